The Morgan fingerprint density at radius 2 is 2.06 bits per heavy atom. The molecule has 0 spiro atoms. The molecule has 0 aliphatic carbocycles. The third-order valence-corrected chi connectivity index (χ3v) is 2.71. The van der Waals surface area contributed by atoms with Gasteiger partial charge in [0.1, 0.15) is 11.9 Å². The van der Waals surface area contributed by atoms with E-state index in [0.717, 1.165) is 0 Å². The Morgan fingerprint density at radius 1 is 1.41 bits per heavy atom. The molecule has 0 bridgehead atoms. The fourth-order valence-corrected chi connectivity index (χ4v) is 1.65. The number of carbonyl (C=O) groups is 1. The highest BCUT2D eigenvalue weighted by Gasteiger charge is 2.13. The average Bonchev–Trinajstić information content (AvgIpc) is 2.27. The summed E-state index contributed by atoms with van der Waals surface area (Å²) >= 11 is 0. The van der Waals surface area contributed by atoms with Gasteiger partial charge in [-0.25, -0.2) is 4.39 Å². The summed E-state index contributed by atoms with van der Waals surface area (Å²) in [6, 6.07) is 6.12. The maximum absolute atomic E-state index is 13.3. The molecule has 17 heavy (non-hydrogen) atoms. The Labute approximate surface area is 101 Å². The van der Waals surface area contributed by atoms with E-state index in [2.05, 4.69) is 5.32 Å². The number of carboxylic acids is 1. The van der Waals surface area contributed by atoms with E-state index in [1.54, 1.807) is 25.1 Å². The number of halogens is 1. The zero-order valence-corrected chi connectivity index (χ0v) is 10.1. The number of aliphatic carboxylic acids is 1. The molecule has 1 rings (SSSR count). The van der Waals surface area contributed by atoms with E-state index in [0.29, 0.717) is 18.4 Å². The highest BCUT2D eigenvalue weighted by atomic mass is 19.1. The SMILES string of the molecule is CC(CCc1ccccc1F)N[C@H](C)C(=O)O. The monoisotopic (exact) mass is 239 g/mol. The van der Waals surface area contributed by atoms with Crippen molar-refractivity contribution in [2.24, 2.45) is 0 Å². The molecule has 0 aliphatic heterocycles. The highest BCUT2D eigenvalue weighted by molar-refractivity contribution is 5.72. The van der Waals surface area contributed by atoms with Crippen LogP contribution in [-0.4, -0.2) is 23.2 Å². The summed E-state index contributed by atoms with van der Waals surface area (Å²) in [7, 11) is 0. The fraction of sp³-hybridized carbons (Fsp3) is 0.462. The Morgan fingerprint density at radius 3 is 2.65 bits per heavy atom. The number of nitrogens with one attached hydrogen (secondary N) is 1. The molecular formula is C13H18FNO2. The van der Waals surface area contributed by atoms with E-state index < -0.39 is 12.0 Å². The minimum absolute atomic E-state index is 0.0423. The lowest BCUT2D eigenvalue weighted by molar-refractivity contribution is -0.139. The van der Waals surface area contributed by atoms with Crippen molar-refractivity contribution in [1.82, 2.24) is 5.32 Å². The van der Waals surface area contributed by atoms with Crippen molar-refractivity contribution in [3.63, 3.8) is 0 Å². The van der Waals surface area contributed by atoms with E-state index in [4.69, 9.17) is 5.11 Å². The number of hydrogen-bond donors (Lipinski definition) is 2. The molecule has 0 heterocycles. The van der Waals surface area contributed by atoms with E-state index in [9.17, 15) is 9.18 Å². The van der Waals surface area contributed by atoms with Crippen LogP contribution in [0.1, 0.15) is 25.8 Å². The number of rotatable bonds is 6. The number of carboxylic acid groups (broad SMARTS) is 1. The van der Waals surface area contributed by atoms with Gasteiger partial charge in [-0.3, -0.25) is 4.79 Å². The molecule has 1 aromatic carbocycles. The third kappa shape index (κ3) is 4.53. The minimum Gasteiger partial charge on any atom is -0.480 e. The molecule has 0 radical (unpaired) electrons. The minimum atomic E-state index is -0.872. The number of aryl methyl sites for hydroxylation is 1. The molecule has 0 saturated heterocycles. The molecule has 0 aromatic heterocycles. The van der Waals surface area contributed by atoms with Crippen LogP contribution in [0.25, 0.3) is 0 Å². The van der Waals surface area contributed by atoms with Gasteiger partial charge >= 0.3 is 5.97 Å². The lowest BCUT2D eigenvalue weighted by atomic mass is 10.1. The molecule has 1 aromatic rings. The standard InChI is InChI=1S/C13H18FNO2/c1-9(15-10(2)13(16)17)7-8-11-5-3-4-6-12(11)14/h3-6,9-10,15H,7-8H2,1-2H3,(H,16,17)/t9?,10-/m1/s1. The smallest absolute Gasteiger partial charge is 0.320 e. The van der Waals surface area contributed by atoms with Gasteiger partial charge in [0, 0.05) is 6.04 Å². The van der Waals surface area contributed by atoms with Crippen LogP contribution in [0.5, 0.6) is 0 Å². The highest BCUT2D eigenvalue weighted by Crippen LogP contribution is 2.10. The molecule has 0 amide bonds. The first-order chi connectivity index (χ1) is 8.00. The van der Waals surface area contributed by atoms with Gasteiger partial charge in [-0.2, -0.15) is 0 Å². The predicted molar refractivity (Wildman–Crippen MR) is 64.4 cm³/mol. The molecular weight excluding hydrogens is 221 g/mol. The molecule has 4 heteroatoms. The predicted octanol–water partition coefficient (Wildman–Crippen LogP) is 2.21. The van der Waals surface area contributed by atoms with Crippen molar-refractivity contribution in [3.8, 4) is 0 Å². The largest absolute Gasteiger partial charge is 0.480 e. The maximum atomic E-state index is 13.3. The molecule has 0 aliphatic rings. The van der Waals surface area contributed by atoms with Gasteiger partial charge in [-0.1, -0.05) is 18.2 Å². The summed E-state index contributed by atoms with van der Waals surface area (Å²) in [5.74, 6) is -1.08. The zero-order valence-electron chi connectivity index (χ0n) is 10.1. The van der Waals surface area contributed by atoms with Crippen LogP contribution in [0.2, 0.25) is 0 Å². The van der Waals surface area contributed by atoms with Crippen LogP contribution in [0.3, 0.4) is 0 Å². The van der Waals surface area contributed by atoms with Crippen LogP contribution >= 0.6 is 0 Å². The van der Waals surface area contributed by atoms with Gasteiger partial charge in [0.2, 0.25) is 0 Å². The molecule has 94 valence electrons. The summed E-state index contributed by atoms with van der Waals surface area (Å²) < 4.78 is 13.3. The van der Waals surface area contributed by atoms with Crippen LogP contribution in [0.4, 0.5) is 4.39 Å². The van der Waals surface area contributed by atoms with Crippen molar-refractivity contribution in [2.75, 3.05) is 0 Å². The van der Waals surface area contributed by atoms with E-state index in [1.807, 2.05) is 6.92 Å². The Kier molecular flexibility index (Phi) is 5.10. The van der Waals surface area contributed by atoms with Gasteiger partial charge in [0.15, 0.2) is 0 Å². The maximum Gasteiger partial charge on any atom is 0.320 e. The molecule has 0 fully saturated rings. The quantitative estimate of drug-likeness (QED) is 0.800. The second kappa shape index (κ2) is 6.35. The van der Waals surface area contributed by atoms with E-state index in [-0.39, 0.29) is 11.9 Å². The second-order valence-electron chi connectivity index (χ2n) is 4.26. The number of hydrogen-bond acceptors (Lipinski definition) is 2. The third-order valence-electron chi connectivity index (χ3n) is 2.71. The van der Waals surface area contributed by atoms with Crippen LogP contribution < -0.4 is 5.32 Å². The molecule has 2 N–H and O–H groups in total. The normalized spacial score (nSPS) is 14.3. The summed E-state index contributed by atoms with van der Waals surface area (Å²) in [6.07, 6.45) is 1.31. The van der Waals surface area contributed by atoms with Crippen molar-refractivity contribution in [2.45, 2.75) is 38.8 Å². The van der Waals surface area contributed by atoms with Gasteiger partial charge in [0.25, 0.3) is 0 Å². The average molecular weight is 239 g/mol. The Hall–Kier alpha value is -1.42. The van der Waals surface area contributed by atoms with Crippen LogP contribution in [0.15, 0.2) is 24.3 Å². The summed E-state index contributed by atoms with van der Waals surface area (Å²) in [6.45, 7) is 3.50. The van der Waals surface area contributed by atoms with Gasteiger partial charge in [-0.05, 0) is 38.3 Å². The summed E-state index contributed by atoms with van der Waals surface area (Å²) in [5, 5.41) is 11.7. The molecule has 0 saturated carbocycles. The van der Waals surface area contributed by atoms with Crippen LogP contribution in [0, 0.1) is 5.82 Å². The van der Waals surface area contributed by atoms with Crippen molar-refractivity contribution < 1.29 is 14.3 Å². The number of benzene rings is 1. The van der Waals surface area contributed by atoms with Crippen molar-refractivity contribution in [3.05, 3.63) is 35.6 Å². The fourth-order valence-electron chi connectivity index (χ4n) is 1.65. The van der Waals surface area contributed by atoms with Gasteiger partial charge in [0.05, 0.1) is 0 Å². The molecule has 3 nitrogen and oxygen atoms in total. The Balaban J connectivity index is 2.41. The van der Waals surface area contributed by atoms with Gasteiger partial charge < -0.3 is 10.4 Å². The second-order valence-corrected chi connectivity index (χ2v) is 4.26. The van der Waals surface area contributed by atoms with E-state index >= 15 is 0 Å². The summed E-state index contributed by atoms with van der Waals surface area (Å²) in [5.41, 5.74) is 0.670. The molecule has 2 atom stereocenters. The van der Waals surface area contributed by atoms with Crippen LogP contribution in [-0.2, 0) is 11.2 Å². The topological polar surface area (TPSA) is 49.3 Å². The Bertz CT molecular complexity index is 381. The molecule has 1 unspecified atom stereocenters. The first-order valence-corrected chi connectivity index (χ1v) is 5.73. The first-order valence-electron chi connectivity index (χ1n) is 5.73. The summed E-state index contributed by atoms with van der Waals surface area (Å²) in [4.78, 5) is 10.6. The van der Waals surface area contributed by atoms with Crippen molar-refractivity contribution in [1.29, 1.82) is 0 Å². The lowest BCUT2D eigenvalue weighted by Crippen LogP contribution is -2.40. The van der Waals surface area contributed by atoms with Gasteiger partial charge in [-0.15, -0.1) is 0 Å². The van der Waals surface area contributed by atoms with E-state index in [1.165, 1.54) is 6.07 Å². The van der Waals surface area contributed by atoms with Crippen molar-refractivity contribution >= 4 is 5.97 Å². The lowest BCUT2D eigenvalue weighted by Gasteiger charge is -2.17. The zero-order chi connectivity index (χ0) is 12.8. The first kappa shape index (κ1) is 13.6.